The molecule has 6 nitrogen and oxygen atoms in total. The molecule has 1 saturated heterocycles. The summed E-state index contributed by atoms with van der Waals surface area (Å²) in [5.41, 5.74) is 0.996. The Morgan fingerprint density at radius 2 is 2.12 bits per heavy atom. The number of rotatable bonds is 7. The lowest BCUT2D eigenvalue weighted by Crippen LogP contribution is -2.44. The lowest BCUT2D eigenvalue weighted by Gasteiger charge is -2.24. The highest BCUT2D eigenvalue weighted by molar-refractivity contribution is 6.07. The minimum atomic E-state index is -0.651. The van der Waals surface area contributed by atoms with Crippen LogP contribution in [0.3, 0.4) is 0 Å². The van der Waals surface area contributed by atoms with Gasteiger partial charge in [0.05, 0.1) is 11.6 Å². The molecule has 2 fully saturated rings. The predicted molar refractivity (Wildman–Crippen MR) is 98.1 cm³/mol. The van der Waals surface area contributed by atoms with Gasteiger partial charge in [-0.1, -0.05) is 31.1 Å². The van der Waals surface area contributed by atoms with E-state index in [4.69, 9.17) is 5.26 Å². The van der Waals surface area contributed by atoms with Gasteiger partial charge in [-0.05, 0) is 30.5 Å². The molecule has 1 aliphatic heterocycles. The number of nitrogens with one attached hydrogen (secondary N) is 1. The summed E-state index contributed by atoms with van der Waals surface area (Å²) in [7, 11) is 0. The topological polar surface area (TPSA) is 76.4 Å². The van der Waals surface area contributed by atoms with E-state index in [2.05, 4.69) is 22.9 Å². The number of nitriles is 1. The molecule has 3 rings (SSSR count). The summed E-state index contributed by atoms with van der Waals surface area (Å²) in [6.07, 6.45) is 5.25. The summed E-state index contributed by atoms with van der Waals surface area (Å²) in [5, 5.41) is 11.9. The first-order valence-corrected chi connectivity index (χ1v) is 9.04. The molecule has 1 heterocycles. The van der Waals surface area contributed by atoms with Gasteiger partial charge in [0, 0.05) is 26.2 Å². The third-order valence-corrected chi connectivity index (χ3v) is 5.19. The number of benzene rings is 1. The lowest BCUT2D eigenvalue weighted by atomic mass is 9.98. The Bertz CT molecular complexity index is 746. The molecule has 1 spiro atoms. The van der Waals surface area contributed by atoms with Crippen molar-refractivity contribution in [3.63, 3.8) is 0 Å². The Balaban J connectivity index is 1.63. The number of amides is 3. The number of carbonyl (C=O) groups is 2. The highest BCUT2D eigenvalue weighted by atomic mass is 16.2. The number of imide groups is 1. The van der Waals surface area contributed by atoms with Crippen LogP contribution in [0.2, 0.25) is 0 Å². The molecule has 3 amide bonds. The zero-order valence-electron chi connectivity index (χ0n) is 14.9. The molecule has 1 aromatic carbocycles. The summed E-state index contributed by atoms with van der Waals surface area (Å²) < 4.78 is 0. The molecule has 1 aliphatic carbocycles. The van der Waals surface area contributed by atoms with E-state index >= 15 is 0 Å². The maximum absolute atomic E-state index is 12.7. The van der Waals surface area contributed by atoms with Gasteiger partial charge in [0.25, 0.3) is 5.91 Å². The van der Waals surface area contributed by atoms with Crippen LogP contribution in [-0.4, -0.2) is 46.9 Å². The summed E-state index contributed by atoms with van der Waals surface area (Å²) in [6.45, 7) is 6.00. The molecule has 1 saturated carbocycles. The van der Waals surface area contributed by atoms with Crippen LogP contribution in [0.15, 0.2) is 36.9 Å². The second kappa shape index (κ2) is 7.71. The van der Waals surface area contributed by atoms with Crippen molar-refractivity contribution in [3.8, 4) is 6.07 Å². The van der Waals surface area contributed by atoms with Gasteiger partial charge in [-0.25, -0.2) is 4.79 Å². The van der Waals surface area contributed by atoms with Gasteiger partial charge in [-0.3, -0.25) is 14.6 Å². The van der Waals surface area contributed by atoms with Gasteiger partial charge < -0.3 is 5.32 Å². The van der Waals surface area contributed by atoms with Crippen molar-refractivity contribution in [2.24, 2.45) is 0 Å². The molecule has 2 aliphatic rings. The zero-order valence-corrected chi connectivity index (χ0v) is 14.9. The minimum absolute atomic E-state index is 0.0787. The lowest BCUT2D eigenvalue weighted by molar-refractivity contribution is -0.131. The number of hydrogen-bond acceptors (Lipinski definition) is 4. The second-order valence-corrected chi connectivity index (χ2v) is 7.01. The first-order chi connectivity index (χ1) is 12.6. The fourth-order valence-electron chi connectivity index (χ4n) is 3.85. The van der Waals surface area contributed by atoms with E-state index in [1.165, 1.54) is 4.90 Å². The molecule has 0 unspecified atom stereocenters. The highest BCUT2D eigenvalue weighted by Crippen LogP contribution is 2.34. The molecule has 0 aromatic heterocycles. The van der Waals surface area contributed by atoms with Crippen molar-refractivity contribution in [3.05, 3.63) is 48.0 Å². The van der Waals surface area contributed by atoms with Crippen molar-refractivity contribution in [2.45, 2.75) is 37.8 Å². The molecule has 1 N–H and O–H groups in total. The van der Waals surface area contributed by atoms with Crippen LogP contribution < -0.4 is 5.32 Å². The summed E-state index contributed by atoms with van der Waals surface area (Å²) >= 11 is 0. The maximum atomic E-state index is 12.7. The Labute approximate surface area is 154 Å². The molecule has 0 bridgehead atoms. The van der Waals surface area contributed by atoms with Crippen LogP contribution in [0, 0.1) is 11.3 Å². The fourth-order valence-corrected chi connectivity index (χ4v) is 3.85. The normalized spacial score (nSPS) is 18.4. The monoisotopic (exact) mass is 352 g/mol. The van der Waals surface area contributed by atoms with Gasteiger partial charge in [-0.2, -0.15) is 5.26 Å². The summed E-state index contributed by atoms with van der Waals surface area (Å²) in [4.78, 5) is 28.5. The van der Waals surface area contributed by atoms with E-state index in [0.29, 0.717) is 31.7 Å². The first kappa shape index (κ1) is 18.2. The van der Waals surface area contributed by atoms with Crippen LogP contribution in [0.4, 0.5) is 4.79 Å². The Hall–Kier alpha value is -2.65. The van der Waals surface area contributed by atoms with E-state index in [9.17, 15) is 9.59 Å². The molecule has 26 heavy (non-hydrogen) atoms. The van der Waals surface area contributed by atoms with E-state index in [-0.39, 0.29) is 11.9 Å². The quantitative estimate of drug-likeness (QED) is 0.604. The summed E-state index contributed by atoms with van der Waals surface area (Å²) in [5.74, 6) is -0.0787. The predicted octanol–water partition coefficient (Wildman–Crippen LogP) is 2.41. The Kier molecular flexibility index (Phi) is 5.38. The van der Waals surface area contributed by atoms with Gasteiger partial charge >= 0.3 is 6.03 Å². The fraction of sp³-hybridized carbons (Fsp3) is 0.450. The van der Waals surface area contributed by atoms with Crippen molar-refractivity contribution in [1.82, 2.24) is 15.1 Å². The van der Waals surface area contributed by atoms with E-state index in [1.807, 2.05) is 18.2 Å². The highest BCUT2D eigenvalue weighted by Gasteiger charge is 2.52. The van der Waals surface area contributed by atoms with Gasteiger partial charge in [0.1, 0.15) is 5.54 Å². The third-order valence-electron chi connectivity index (χ3n) is 5.19. The van der Waals surface area contributed by atoms with Crippen molar-refractivity contribution in [2.75, 3.05) is 19.6 Å². The molecular weight excluding hydrogens is 328 g/mol. The Morgan fingerprint density at radius 3 is 2.81 bits per heavy atom. The van der Waals surface area contributed by atoms with Crippen LogP contribution >= 0.6 is 0 Å². The smallest absolute Gasteiger partial charge is 0.323 e. The van der Waals surface area contributed by atoms with Crippen LogP contribution in [0.1, 0.15) is 36.8 Å². The van der Waals surface area contributed by atoms with Crippen LogP contribution in [0.25, 0.3) is 0 Å². The summed E-state index contributed by atoms with van der Waals surface area (Å²) in [6, 6.07) is 9.33. The number of carbonyl (C=O) groups excluding carboxylic acids is 2. The van der Waals surface area contributed by atoms with Gasteiger partial charge in [-0.15, -0.1) is 6.58 Å². The van der Waals surface area contributed by atoms with E-state index in [0.717, 1.165) is 31.2 Å². The number of urea groups is 1. The zero-order chi connectivity index (χ0) is 18.6. The SMILES string of the molecule is C=CCN(CCN1C(=O)NC2(CCCC2)C1=O)Cc1cccc(C#N)c1. The number of nitrogens with zero attached hydrogens (tertiary/aromatic N) is 3. The minimum Gasteiger partial charge on any atom is -0.323 e. The molecule has 0 radical (unpaired) electrons. The molecule has 1 aromatic rings. The Morgan fingerprint density at radius 1 is 1.35 bits per heavy atom. The van der Waals surface area contributed by atoms with Gasteiger partial charge in [0.2, 0.25) is 0 Å². The van der Waals surface area contributed by atoms with Gasteiger partial charge in [0.15, 0.2) is 0 Å². The van der Waals surface area contributed by atoms with Crippen molar-refractivity contribution < 1.29 is 9.59 Å². The molecule has 6 heteroatoms. The average Bonchev–Trinajstić information content (AvgIpc) is 3.19. The first-order valence-electron chi connectivity index (χ1n) is 9.04. The molecule has 0 atom stereocenters. The maximum Gasteiger partial charge on any atom is 0.325 e. The van der Waals surface area contributed by atoms with Crippen LogP contribution in [0.5, 0.6) is 0 Å². The van der Waals surface area contributed by atoms with Crippen molar-refractivity contribution in [1.29, 1.82) is 5.26 Å². The van der Waals surface area contributed by atoms with Crippen LogP contribution in [-0.2, 0) is 11.3 Å². The third kappa shape index (κ3) is 3.63. The molecule has 136 valence electrons. The number of hydrogen-bond donors (Lipinski definition) is 1. The standard InChI is InChI=1S/C20H24N4O2/c1-2-10-23(15-17-7-5-6-16(13-17)14-21)11-12-24-18(25)20(22-19(24)26)8-3-4-9-20/h2,5-7,13H,1,3-4,8-12,15H2,(H,22,26). The van der Waals surface area contributed by atoms with E-state index in [1.54, 1.807) is 12.1 Å². The van der Waals surface area contributed by atoms with E-state index < -0.39 is 5.54 Å². The molecular formula is C20H24N4O2. The van der Waals surface area contributed by atoms with Crippen molar-refractivity contribution >= 4 is 11.9 Å². The average molecular weight is 352 g/mol. The second-order valence-electron chi connectivity index (χ2n) is 7.01. The largest absolute Gasteiger partial charge is 0.325 e.